The van der Waals surface area contributed by atoms with Crippen molar-refractivity contribution < 1.29 is 9.59 Å². The lowest BCUT2D eigenvalue weighted by Gasteiger charge is -2.35. The second-order valence-corrected chi connectivity index (χ2v) is 8.31. The van der Waals surface area contributed by atoms with Gasteiger partial charge in [-0.2, -0.15) is 0 Å². The third-order valence-electron chi connectivity index (χ3n) is 6.06. The highest BCUT2D eigenvalue weighted by atomic mass is 16.2. The van der Waals surface area contributed by atoms with Gasteiger partial charge in [-0.1, -0.05) is 66.6 Å². The number of terminal acetylenes is 1. The van der Waals surface area contributed by atoms with E-state index in [4.69, 9.17) is 6.42 Å². The number of nitrogens with zero attached hydrogens (tertiary/aromatic N) is 3. The van der Waals surface area contributed by atoms with Crippen molar-refractivity contribution >= 4 is 11.9 Å². The topological polar surface area (TPSA) is 55.9 Å². The summed E-state index contributed by atoms with van der Waals surface area (Å²) in [4.78, 5) is 32.3. The van der Waals surface area contributed by atoms with Gasteiger partial charge in [0.25, 0.3) is 5.91 Å². The Kier molecular flexibility index (Phi) is 6.36. The van der Waals surface area contributed by atoms with Crippen LogP contribution in [0.2, 0.25) is 0 Å². The molecule has 2 aliphatic rings. The number of hydrogen-bond acceptors (Lipinski definition) is 4. The molecule has 0 aromatic heterocycles. The molecule has 2 fully saturated rings. The third kappa shape index (κ3) is 4.79. The van der Waals surface area contributed by atoms with Gasteiger partial charge in [-0.05, 0) is 11.1 Å². The Morgan fingerprint density at radius 1 is 0.839 bits per heavy atom. The number of hydrogen-bond donors (Lipinski definition) is 1. The van der Waals surface area contributed by atoms with Gasteiger partial charge in [0.15, 0.2) is 0 Å². The highest BCUT2D eigenvalue weighted by Crippen LogP contribution is 2.27. The van der Waals surface area contributed by atoms with Gasteiger partial charge in [0, 0.05) is 39.0 Å². The van der Waals surface area contributed by atoms with Gasteiger partial charge in [0.1, 0.15) is 5.54 Å². The lowest BCUT2D eigenvalue weighted by molar-refractivity contribution is -0.133. The summed E-state index contributed by atoms with van der Waals surface area (Å²) in [6.45, 7) is 4.18. The van der Waals surface area contributed by atoms with Gasteiger partial charge in [0.2, 0.25) is 0 Å². The Morgan fingerprint density at radius 2 is 1.35 bits per heavy atom. The van der Waals surface area contributed by atoms with Crippen molar-refractivity contribution in [1.82, 2.24) is 20.0 Å². The Bertz CT molecular complexity index is 905. The molecule has 2 heterocycles. The van der Waals surface area contributed by atoms with Gasteiger partial charge >= 0.3 is 6.03 Å². The Morgan fingerprint density at radius 3 is 1.87 bits per heavy atom. The number of imide groups is 1. The number of nitrogens with one attached hydrogen (secondary N) is 1. The lowest BCUT2D eigenvalue weighted by atomic mass is 9.84. The van der Waals surface area contributed by atoms with E-state index in [-0.39, 0.29) is 11.9 Å². The van der Waals surface area contributed by atoms with Crippen molar-refractivity contribution in [3.8, 4) is 12.3 Å². The first kappa shape index (κ1) is 21.1. The van der Waals surface area contributed by atoms with Crippen LogP contribution in [0.25, 0.3) is 0 Å². The third-order valence-corrected chi connectivity index (χ3v) is 6.06. The molecule has 0 saturated carbocycles. The van der Waals surface area contributed by atoms with Crippen LogP contribution in [-0.4, -0.2) is 71.6 Å². The van der Waals surface area contributed by atoms with Crippen LogP contribution < -0.4 is 5.32 Å². The van der Waals surface area contributed by atoms with E-state index < -0.39 is 5.54 Å². The summed E-state index contributed by atoms with van der Waals surface area (Å²) in [5.41, 5.74) is 1.07. The molecule has 0 spiro atoms. The lowest BCUT2D eigenvalue weighted by Crippen LogP contribution is -2.53. The maximum Gasteiger partial charge on any atom is 0.326 e. The number of amides is 3. The maximum atomic E-state index is 13.7. The first-order valence-corrected chi connectivity index (χ1v) is 10.7. The molecule has 160 valence electrons. The molecule has 6 heteroatoms. The fraction of sp³-hybridized carbons (Fsp3) is 0.360. The summed E-state index contributed by atoms with van der Waals surface area (Å²) in [7, 11) is 0. The van der Waals surface area contributed by atoms with E-state index in [0.29, 0.717) is 26.1 Å². The molecule has 0 atom stereocenters. The van der Waals surface area contributed by atoms with Crippen LogP contribution in [0.4, 0.5) is 4.79 Å². The van der Waals surface area contributed by atoms with Crippen molar-refractivity contribution in [2.45, 2.75) is 18.4 Å². The zero-order valence-corrected chi connectivity index (χ0v) is 17.7. The first-order chi connectivity index (χ1) is 15.1. The molecule has 2 saturated heterocycles. The van der Waals surface area contributed by atoms with E-state index in [9.17, 15) is 9.59 Å². The average molecular weight is 417 g/mol. The van der Waals surface area contributed by atoms with E-state index in [1.807, 2.05) is 60.7 Å². The number of carbonyl (C=O) groups excluding carboxylic acids is 2. The van der Waals surface area contributed by atoms with Crippen LogP contribution in [0.15, 0.2) is 60.7 Å². The zero-order chi connectivity index (χ0) is 21.7. The minimum atomic E-state index is -0.981. The molecule has 4 rings (SSSR count). The zero-order valence-electron chi connectivity index (χ0n) is 17.7. The second kappa shape index (κ2) is 9.34. The summed E-state index contributed by atoms with van der Waals surface area (Å²) < 4.78 is 0. The number of carbonyl (C=O) groups is 2. The minimum absolute atomic E-state index is 0.156. The monoisotopic (exact) mass is 416 g/mol. The predicted molar refractivity (Wildman–Crippen MR) is 120 cm³/mol. The molecule has 2 aliphatic heterocycles. The van der Waals surface area contributed by atoms with Gasteiger partial charge in [-0.25, -0.2) is 9.69 Å². The summed E-state index contributed by atoms with van der Waals surface area (Å²) >= 11 is 0. The molecule has 0 unspecified atom stereocenters. The largest absolute Gasteiger partial charge is 0.326 e. The number of benzene rings is 2. The number of urea groups is 1. The van der Waals surface area contributed by atoms with E-state index in [1.165, 1.54) is 4.90 Å². The molecule has 2 aromatic carbocycles. The first-order valence-electron chi connectivity index (χ1n) is 10.7. The maximum absolute atomic E-state index is 13.7. The highest BCUT2D eigenvalue weighted by Gasteiger charge is 2.51. The summed E-state index contributed by atoms with van der Waals surface area (Å²) in [6.07, 6.45) is 6.32. The number of piperazine rings is 1. The molecular formula is C25H28N4O2. The smallest absolute Gasteiger partial charge is 0.322 e. The van der Waals surface area contributed by atoms with E-state index in [1.54, 1.807) is 0 Å². The van der Waals surface area contributed by atoms with E-state index in [2.05, 4.69) is 21.0 Å². The normalized spacial score (nSPS) is 19.3. The second-order valence-electron chi connectivity index (χ2n) is 8.31. The van der Waals surface area contributed by atoms with Gasteiger partial charge in [-0.3, -0.25) is 14.6 Å². The fourth-order valence-electron chi connectivity index (χ4n) is 4.41. The van der Waals surface area contributed by atoms with Crippen molar-refractivity contribution in [3.63, 3.8) is 0 Å². The molecule has 1 N–H and O–H groups in total. The average Bonchev–Trinajstić information content (AvgIpc) is 3.00. The van der Waals surface area contributed by atoms with Gasteiger partial charge < -0.3 is 5.32 Å². The van der Waals surface area contributed by atoms with Crippen molar-refractivity contribution in [2.75, 3.05) is 39.4 Å². The molecule has 6 nitrogen and oxygen atoms in total. The predicted octanol–water partition coefficient (Wildman–Crippen LogP) is 1.97. The van der Waals surface area contributed by atoms with Crippen LogP contribution >= 0.6 is 0 Å². The highest BCUT2D eigenvalue weighted by molar-refractivity contribution is 6.07. The molecule has 0 bridgehead atoms. The summed E-state index contributed by atoms with van der Waals surface area (Å²) in [6, 6.07) is 19.4. The summed E-state index contributed by atoms with van der Waals surface area (Å²) in [5, 5.41) is 3.06. The van der Waals surface area contributed by atoms with Crippen molar-refractivity contribution in [3.05, 3.63) is 71.8 Å². The summed E-state index contributed by atoms with van der Waals surface area (Å²) in [5.74, 6) is 2.52. The van der Waals surface area contributed by atoms with E-state index >= 15 is 0 Å². The Labute approximate surface area is 183 Å². The SMILES string of the molecule is C#CCN1CCN(CN2C(=O)NC(Cc3ccccc3)(Cc3ccccc3)C2=O)CC1. The molecule has 31 heavy (non-hydrogen) atoms. The molecule has 3 amide bonds. The number of rotatable bonds is 7. The van der Waals surface area contributed by atoms with Crippen molar-refractivity contribution in [1.29, 1.82) is 0 Å². The van der Waals surface area contributed by atoms with Gasteiger partial charge in [-0.15, -0.1) is 6.42 Å². The minimum Gasteiger partial charge on any atom is -0.322 e. The van der Waals surface area contributed by atoms with Gasteiger partial charge in [0.05, 0.1) is 13.2 Å². The Balaban J connectivity index is 1.53. The van der Waals surface area contributed by atoms with Crippen LogP contribution in [0.5, 0.6) is 0 Å². The van der Waals surface area contributed by atoms with E-state index in [0.717, 1.165) is 37.3 Å². The standard InChI is InChI=1S/C25H28N4O2/c1-2-13-27-14-16-28(17-15-27)20-29-23(30)25(26-24(29)31,18-21-9-5-3-6-10-21)19-22-11-7-4-8-12-22/h1,3-12H,13-20H2,(H,26,31). The van der Waals surface area contributed by atoms with Crippen molar-refractivity contribution in [2.24, 2.45) is 0 Å². The Hall–Kier alpha value is -3.14. The van der Waals surface area contributed by atoms with Crippen LogP contribution in [-0.2, 0) is 17.6 Å². The van der Waals surface area contributed by atoms with Crippen LogP contribution in [0.3, 0.4) is 0 Å². The molecule has 0 radical (unpaired) electrons. The quantitative estimate of drug-likeness (QED) is 0.554. The molecular weight excluding hydrogens is 388 g/mol. The molecule has 0 aliphatic carbocycles. The molecule has 2 aromatic rings. The van der Waals surface area contributed by atoms with Crippen LogP contribution in [0, 0.1) is 12.3 Å². The van der Waals surface area contributed by atoms with Crippen LogP contribution in [0.1, 0.15) is 11.1 Å². The fourth-order valence-corrected chi connectivity index (χ4v) is 4.41.